The highest BCUT2D eigenvalue weighted by Crippen LogP contribution is 2.35. The van der Waals surface area contributed by atoms with Gasteiger partial charge in [0.05, 0.1) is 0 Å². The van der Waals surface area contributed by atoms with E-state index in [-0.39, 0.29) is 11.5 Å². The third kappa shape index (κ3) is 2.89. The van der Waals surface area contributed by atoms with E-state index >= 15 is 0 Å². The summed E-state index contributed by atoms with van der Waals surface area (Å²) in [6.07, 6.45) is 3.00. The Morgan fingerprint density at radius 2 is 0.962 bits per heavy atom. The van der Waals surface area contributed by atoms with Crippen LogP contribution in [-0.2, 0) is 0 Å². The summed E-state index contributed by atoms with van der Waals surface area (Å²) < 4.78 is 0. The Labute approximate surface area is 150 Å². The lowest BCUT2D eigenvalue weighted by Crippen LogP contribution is -1.79. The predicted molar refractivity (Wildman–Crippen MR) is 108 cm³/mol. The molecule has 0 bridgehead atoms. The molecule has 0 radical (unpaired) electrons. The van der Waals surface area contributed by atoms with Gasteiger partial charge >= 0.3 is 0 Å². The maximum atomic E-state index is 10.3. The zero-order valence-corrected chi connectivity index (χ0v) is 13.9. The minimum atomic E-state index is 0.140. The van der Waals surface area contributed by atoms with Crippen LogP contribution in [0.4, 0.5) is 11.4 Å². The van der Waals surface area contributed by atoms with Crippen molar-refractivity contribution >= 4 is 45.3 Å². The van der Waals surface area contributed by atoms with E-state index in [9.17, 15) is 10.2 Å². The minimum absolute atomic E-state index is 0.140. The molecule has 26 heavy (non-hydrogen) atoms. The maximum absolute atomic E-state index is 10.3. The molecule has 0 aliphatic carbocycles. The van der Waals surface area contributed by atoms with Crippen molar-refractivity contribution in [3.8, 4) is 11.5 Å². The Hall–Kier alpha value is -3.66. The number of phenols is 2. The van der Waals surface area contributed by atoms with Crippen molar-refractivity contribution < 1.29 is 10.2 Å². The molecule has 0 saturated carbocycles. The first-order valence-corrected chi connectivity index (χ1v) is 8.22. The molecule has 4 nitrogen and oxygen atoms in total. The molecule has 4 heteroatoms. The van der Waals surface area contributed by atoms with Crippen LogP contribution in [0, 0.1) is 0 Å². The van der Waals surface area contributed by atoms with Crippen LogP contribution in [0.1, 0.15) is 0 Å². The van der Waals surface area contributed by atoms with Crippen LogP contribution in [0.15, 0.2) is 82.8 Å². The zero-order valence-electron chi connectivity index (χ0n) is 13.9. The average Bonchev–Trinajstić information content (AvgIpc) is 2.68. The van der Waals surface area contributed by atoms with Crippen molar-refractivity contribution in [2.24, 2.45) is 9.98 Å². The van der Waals surface area contributed by atoms with Gasteiger partial charge in [0.15, 0.2) is 0 Å². The number of hydrogen-bond acceptors (Lipinski definition) is 4. The Bertz CT molecular complexity index is 1070. The molecular formula is C22H16N2O2. The van der Waals surface area contributed by atoms with Crippen LogP contribution in [0.3, 0.4) is 0 Å². The molecule has 4 aromatic carbocycles. The van der Waals surface area contributed by atoms with Crippen molar-refractivity contribution in [3.63, 3.8) is 0 Å². The Morgan fingerprint density at radius 1 is 0.538 bits per heavy atom. The fourth-order valence-electron chi connectivity index (χ4n) is 2.92. The predicted octanol–water partition coefficient (Wildman–Crippen LogP) is 5.51. The van der Waals surface area contributed by atoms with E-state index in [4.69, 9.17) is 0 Å². The maximum Gasteiger partial charge on any atom is 0.148 e. The molecule has 2 N–H and O–H groups in total. The van der Waals surface area contributed by atoms with Gasteiger partial charge in [-0.25, -0.2) is 0 Å². The number of aromatic hydroxyl groups is 2. The molecule has 0 atom stereocenters. The van der Waals surface area contributed by atoms with Gasteiger partial charge in [0.1, 0.15) is 22.9 Å². The van der Waals surface area contributed by atoms with Crippen molar-refractivity contribution in [1.29, 1.82) is 0 Å². The highest BCUT2D eigenvalue weighted by molar-refractivity contribution is 6.18. The minimum Gasteiger partial charge on any atom is -0.505 e. The highest BCUT2D eigenvalue weighted by Gasteiger charge is 2.05. The zero-order chi connectivity index (χ0) is 17.9. The third-order valence-corrected chi connectivity index (χ3v) is 4.25. The lowest BCUT2D eigenvalue weighted by Gasteiger charge is -2.04. The van der Waals surface area contributed by atoms with Gasteiger partial charge in [-0.1, -0.05) is 60.7 Å². The van der Waals surface area contributed by atoms with Crippen LogP contribution in [0.25, 0.3) is 21.5 Å². The van der Waals surface area contributed by atoms with Gasteiger partial charge in [-0.15, -0.1) is 0 Å². The number of benzene rings is 4. The molecule has 0 saturated heterocycles. The van der Waals surface area contributed by atoms with Crippen molar-refractivity contribution in [3.05, 3.63) is 72.8 Å². The van der Waals surface area contributed by atoms with Gasteiger partial charge in [0.2, 0.25) is 0 Å². The van der Waals surface area contributed by atoms with Crippen molar-refractivity contribution in [2.75, 3.05) is 0 Å². The topological polar surface area (TPSA) is 65.2 Å². The lowest BCUT2D eigenvalue weighted by molar-refractivity contribution is 0.482. The van der Waals surface area contributed by atoms with Crippen LogP contribution in [0.5, 0.6) is 11.5 Å². The molecule has 0 unspecified atom stereocenters. The summed E-state index contributed by atoms with van der Waals surface area (Å²) in [7, 11) is 0. The average molecular weight is 340 g/mol. The number of hydrogen-bond donors (Lipinski definition) is 2. The largest absolute Gasteiger partial charge is 0.505 e. The molecule has 0 aliphatic heterocycles. The first kappa shape index (κ1) is 15.8. The van der Waals surface area contributed by atoms with Crippen molar-refractivity contribution in [2.45, 2.75) is 0 Å². The summed E-state index contributed by atoms with van der Waals surface area (Å²) in [5.74, 6) is 0.280. The summed E-state index contributed by atoms with van der Waals surface area (Å²) >= 11 is 0. The number of fused-ring (bicyclic) bond motifs is 2. The molecule has 126 valence electrons. The standard InChI is InChI=1S/C22H16N2O2/c25-21-17-7-3-1-5-15(17)9-11-19(21)23-13-14-24-20-12-10-16-6-2-4-8-18(16)22(20)26/h1-14,25-26H. The highest BCUT2D eigenvalue weighted by atomic mass is 16.3. The van der Waals surface area contributed by atoms with E-state index in [0.29, 0.717) is 11.4 Å². The summed E-state index contributed by atoms with van der Waals surface area (Å²) in [6, 6.07) is 22.5. The normalized spacial score (nSPS) is 11.8. The number of rotatable bonds is 3. The van der Waals surface area contributed by atoms with E-state index in [1.165, 1.54) is 12.4 Å². The van der Waals surface area contributed by atoms with E-state index in [1.54, 1.807) is 12.1 Å². The molecule has 4 rings (SSSR count). The molecule has 4 aromatic rings. The molecule has 0 amide bonds. The quantitative estimate of drug-likeness (QED) is 0.483. The SMILES string of the molecule is Oc1c(N=CC=Nc2ccc3ccccc3c2O)ccc2ccccc12. The Morgan fingerprint density at radius 3 is 1.42 bits per heavy atom. The third-order valence-electron chi connectivity index (χ3n) is 4.25. The van der Waals surface area contributed by atoms with Gasteiger partial charge in [-0.2, -0.15) is 0 Å². The van der Waals surface area contributed by atoms with Crippen LogP contribution < -0.4 is 0 Å². The lowest BCUT2D eigenvalue weighted by atomic mass is 10.1. The van der Waals surface area contributed by atoms with Crippen LogP contribution in [0.2, 0.25) is 0 Å². The summed E-state index contributed by atoms with van der Waals surface area (Å²) in [4.78, 5) is 8.51. The molecular weight excluding hydrogens is 324 g/mol. The van der Waals surface area contributed by atoms with Gasteiger partial charge in [0.25, 0.3) is 0 Å². The molecule has 0 spiro atoms. The molecule has 0 aliphatic rings. The van der Waals surface area contributed by atoms with Gasteiger partial charge in [-0.05, 0) is 22.9 Å². The summed E-state index contributed by atoms with van der Waals surface area (Å²) in [5.41, 5.74) is 0.941. The molecule has 0 fully saturated rings. The smallest absolute Gasteiger partial charge is 0.148 e. The second-order valence-corrected chi connectivity index (χ2v) is 5.87. The van der Waals surface area contributed by atoms with E-state index in [0.717, 1.165) is 21.5 Å². The fraction of sp³-hybridized carbons (Fsp3) is 0. The molecule has 0 heterocycles. The first-order chi connectivity index (χ1) is 12.7. The fourth-order valence-corrected chi connectivity index (χ4v) is 2.92. The first-order valence-electron chi connectivity index (χ1n) is 8.22. The molecule has 0 aromatic heterocycles. The van der Waals surface area contributed by atoms with E-state index in [2.05, 4.69) is 9.98 Å². The van der Waals surface area contributed by atoms with Crippen LogP contribution >= 0.6 is 0 Å². The number of nitrogens with zero attached hydrogens (tertiary/aromatic N) is 2. The second kappa shape index (κ2) is 6.69. The number of phenolic OH excluding ortho intramolecular Hbond substituents is 2. The van der Waals surface area contributed by atoms with Gasteiger partial charge < -0.3 is 10.2 Å². The van der Waals surface area contributed by atoms with Gasteiger partial charge in [0, 0.05) is 23.2 Å². The van der Waals surface area contributed by atoms with Crippen LogP contribution in [-0.4, -0.2) is 22.6 Å². The van der Waals surface area contributed by atoms with Crippen molar-refractivity contribution in [1.82, 2.24) is 0 Å². The second-order valence-electron chi connectivity index (χ2n) is 5.87. The van der Waals surface area contributed by atoms with E-state index < -0.39 is 0 Å². The summed E-state index contributed by atoms with van der Waals surface area (Å²) in [5, 5.41) is 24.1. The number of aliphatic imine (C=N–C) groups is 2. The monoisotopic (exact) mass is 340 g/mol. The Kier molecular flexibility index (Phi) is 4.07. The van der Waals surface area contributed by atoms with Gasteiger partial charge in [-0.3, -0.25) is 9.98 Å². The van der Waals surface area contributed by atoms with E-state index in [1.807, 2.05) is 60.7 Å². The summed E-state index contributed by atoms with van der Waals surface area (Å²) in [6.45, 7) is 0. The Balaban J connectivity index is 1.61.